The molecule has 1 aromatic heterocycles. The van der Waals surface area contributed by atoms with Crippen LogP contribution in [-0.2, 0) is 11.3 Å². The highest BCUT2D eigenvalue weighted by atomic mass is 32.1. The normalized spacial score (nSPS) is 15.6. The van der Waals surface area contributed by atoms with Gasteiger partial charge in [0.05, 0.1) is 6.04 Å². The van der Waals surface area contributed by atoms with Crippen molar-refractivity contribution in [3.05, 3.63) is 93.2 Å². The first-order valence-electron chi connectivity index (χ1n) is 11.4. The highest BCUT2D eigenvalue weighted by Crippen LogP contribution is 2.28. The summed E-state index contributed by atoms with van der Waals surface area (Å²) in [6.45, 7) is 5.86. The van der Waals surface area contributed by atoms with E-state index in [1.54, 1.807) is 11.3 Å². The van der Waals surface area contributed by atoms with Gasteiger partial charge >= 0.3 is 0 Å². The molecule has 0 saturated carbocycles. The van der Waals surface area contributed by atoms with E-state index in [4.69, 9.17) is 0 Å². The molecule has 0 aliphatic carbocycles. The molecule has 4 rings (SSSR count). The Hall–Kier alpha value is -2.92. The topological polar surface area (TPSA) is 49.4 Å². The highest BCUT2D eigenvalue weighted by Gasteiger charge is 2.21. The van der Waals surface area contributed by atoms with E-state index < -0.39 is 0 Å². The van der Waals surface area contributed by atoms with Gasteiger partial charge in [-0.1, -0.05) is 56.3 Å². The van der Waals surface area contributed by atoms with Crippen molar-refractivity contribution in [2.45, 2.75) is 51.6 Å². The maximum Gasteiger partial charge on any atom is 0.252 e. The lowest BCUT2D eigenvalue weighted by atomic mass is 9.95. The Balaban J connectivity index is 1.48. The van der Waals surface area contributed by atoms with E-state index >= 15 is 0 Å². The zero-order chi connectivity index (χ0) is 22.5. The Morgan fingerprint density at radius 3 is 2.38 bits per heavy atom. The molecule has 2 unspecified atom stereocenters. The Labute approximate surface area is 194 Å². The van der Waals surface area contributed by atoms with Crippen LogP contribution in [0.25, 0.3) is 0 Å². The van der Waals surface area contributed by atoms with Gasteiger partial charge in [-0.25, -0.2) is 0 Å². The first-order chi connectivity index (χ1) is 15.5. The molecular formula is C27H30N2O2S. The van der Waals surface area contributed by atoms with Crippen molar-refractivity contribution in [2.24, 2.45) is 0 Å². The fourth-order valence-corrected chi connectivity index (χ4v) is 4.90. The Bertz CT molecular complexity index is 1040. The summed E-state index contributed by atoms with van der Waals surface area (Å²) in [5, 5.41) is 5.26. The minimum Gasteiger partial charge on any atom is -0.340 e. The summed E-state index contributed by atoms with van der Waals surface area (Å²) in [7, 11) is 0. The van der Waals surface area contributed by atoms with Gasteiger partial charge in [-0.2, -0.15) is 0 Å². The van der Waals surface area contributed by atoms with E-state index in [-0.39, 0.29) is 17.9 Å². The predicted octanol–water partition coefficient (Wildman–Crippen LogP) is 5.90. The molecule has 5 heteroatoms. The molecule has 2 aromatic carbocycles. The van der Waals surface area contributed by atoms with Crippen molar-refractivity contribution in [3.63, 3.8) is 0 Å². The molecule has 1 saturated heterocycles. The molecule has 4 nitrogen and oxygen atoms in total. The van der Waals surface area contributed by atoms with E-state index in [1.165, 1.54) is 5.56 Å². The SMILES string of the molecule is CCC(C)c1ccc(C(NC(=O)c2ccc(CN3CCCC3=O)cc2)c2cccs2)cc1. The number of nitrogens with zero attached hydrogens (tertiary/aromatic N) is 1. The van der Waals surface area contributed by atoms with Gasteiger partial charge < -0.3 is 10.2 Å². The zero-order valence-corrected chi connectivity index (χ0v) is 19.5. The lowest BCUT2D eigenvalue weighted by Gasteiger charge is -2.20. The van der Waals surface area contributed by atoms with Gasteiger partial charge in [0.15, 0.2) is 0 Å². The van der Waals surface area contributed by atoms with Crippen LogP contribution < -0.4 is 5.32 Å². The fourth-order valence-electron chi connectivity index (χ4n) is 4.09. The fraction of sp³-hybridized carbons (Fsp3) is 0.333. The van der Waals surface area contributed by atoms with E-state index in [0.717, 1.165) is 35.4 Å². The summed E-state index contributed by atoms with van der Waals surface area (Å²) >= 11 is 1.65. The molecule has 3 aromatic rings. The Morgan fingerprint density at radius 2 is 1.78 bits per heavy atom. The largest absolute Gasteiger partial charge is 0.340 e. The average molecular weight is 447 g/mol. The van der Waals surface area contributed by atoms with Crippen molar-refractivity contribution in [1.29, 1.82) is 0 Å². The van der Waals surface area contributed by atoms with Crippen LogP contribution in [0.15, 0.2) is 66.0 Å². The third-order valence-corrected chi connectivity index (χ3v) is 7.25. The van der Waals surface area contributed by atoms with Crippen LogP contribution in [0.2, 0.25) is 0 Å². The van der Waals surface area contributed by atoms with Crippen LogP contribution in [0.5, 0.6) is 0 Å². The predicted molar refractivity (Wildman–Crippen MR) is 130 cm³/mol. The lowest BCUT2D eigenvalue weighted by Crippen LogP contribution is -2.29. The van der Waals surface area contributed by atoms with Crippen LogP contribution >= 0.6 is 11.3 Å². The molecule has 2 amide bonds. The van der Waals surface area contributed by atoms with Crippen molar-refractivity contribution in [3.8, 4) is 0 Å². The molecule has 1 aliphatic heterocycles. The second-order valence-electron chi connectivity index (χ2n) is 8.51. The number of carbonyl (C=O) groups excluding carboxylic acids is 2. The standard InChI is InChI=1S/C27H30N2O2S/c1-3-19(2)21-12-14-22(15-13-21)26(24-6-5-17-32-24)28-27(31)23-10-8-20(9-11-23)18-29-16-4-7-25(29)30/h5-6,8-15,17,19,26H,3-4,7,16,18H2,1-2H3,(H,28,31). The van der Waals surface area contributed by atoms with E-state index in [1.807, 2.05) is 40.6 Å². The lowest BCUT2D eigenvalue weighted by molar-refractivity contribution is -0.128. The summed E-state index contributed by atoms with van der Waals surface area (Å²) < 4.78 is 0. The number of likely N-dealkylation sites (tertiary alicyclic amines) is 1. The molecule has 0 bridgehead atoms. The molecular weight excluding hydrogens is 416 g/mol. The smallest absolute Gasteiger partial charge is 0.252 e. The molecule has 1 aliphatic rings. The molecule has 32 heavy (non-hydrogen) atoms. The third-order valence-electron chi connectivity index (χ3n) is 6.32. The van der Waals surface area contributed by atoms with Crippen molar-refractivity contribution in [1.82, 2.24) is 10.2 Å². The summed E-state index contributed by atoms with van der Waals surface area (Å²) in [6, 6.07) is 20.1. The van der Waals surface area contributed by atoms with E-state index in [2.05, 4.69) is 49.5 Å². The van der Waals surface area contributed by atoms with Crippen molar-refractivity contribution < 1.29 is 9.59 Å². The van der Waals surface area contributed by atoms with Crippen LogP contribution in [0.3, 0.4) is 0 Å². The monoisotopic (exact) mass is 446 g/mol. The molecule has 1 N–H and O–H groups in total. The maximum absolute atomic E-state index is 13.1. The molecule has 2 atom stereocenters. The molecule has 0 spiro atoms. The average Bonchev–Trinajstić information content (AvgIpc) is 3.50. The Kier molecular flexibility index (Phi) is 7.05. The van der Waals surface area contributed by atoms with Gasteiger partial charge in [0.1, 0.15) is 0 Å². The highest BCUT2D eigenvalue weighted by molar-refractivity contribution is 7.10. The minimum atomic E-state index is -0.185. The summed E-state index contributed by atoms with van der Waals surface area (Å²) in [4.78, 5) is 27.9. The Morgan fingerprint density at radius 1 is 1.06 bits per heavy atom. The number of nitrogens with one attached hydrogen (secondary N) is 1. The minimum absolute atomic E-state index is 0.0989. The number of hydrogen-bond donors (Lipinski definition) is 1. The van der Waals surface area contributed by atoms with E-state index in [9.17, 15) is 9.59 Å². The number of carbonyl (C=O) groups is 2. The summed E-state index contributed by atoms with van der Waals surface area (Å²) in [5.74, 6) is 0.636. The summed E-state index contributed by atoms with van der Waals surface area (Å²) in [5.41, 5.74) is 4.07. The first kappa shape index (κ1) is 22.3. The van der Waals surface area contributed by atoms with Gasteiger partial charge in [-0.15, -0.1) is 11.3 Å². The maximum atomic E-state index is 13.1. The van der Waals surface area contributed by atoms with Crippen molar-refractivity contribution in [2.75, 3.05) is 6.54 Å². The van der Waals surface area contributed by atoms with Gasteiger partial charge in [0.2, 0.25) is 5.91 Å². The zero-order valence-electron chi connectivity index (χ0n) is 18.7. The van der Waals surface area contributed by atoms with Gasteiger partial charge in [-0.05, 0) is 59.0 Å². The molecule has 166 valence electrons. The molecule has 1 fully saturated rings. The van der Waals surface area contributed by atoms with Gasteiger partial charge in [0, 0.05) is 30.0 Å². The molecule has 2 heterocycles. The number of hydrogen-bond acceptors (Lipinski definition) is 3. The summed E-state index contributed by atoms with van der Waals surface area (Å²) in [6.07, 6.45) is 2.68. The van der Waals surface area contributed by atoms with Crippen LogP contribution in [0.1, 0.15) is 77.0 Å². The number of amides is 2. The van der Waals surface area contributed by atoms with E-state index in [0.29, 0.717) is 24.4 Å². The number of rotatable bonds is 8. The number of thiophene rings is 1. The van der Waals surface area contributed by atoms with Crippen molar-refractivity contribution >= 4 is 23.2 Å². The first-order valence-corrected chi connectivity index (χ1v) is 12.2. The number of benzene rings is 2. The van der Waals surface area contributed by atoms with Crippen LogP contribution in [0.4, 0.5) is 0 Å². The van der Waals surface area contributed by atoms with Gasteiger partial charge in [-0.3, -0.25) is 9.59 Å². The quantitative estimate of drug-likeness (QED) is 0.468. The third kappa shape index (κ3) is 5.10. The van der Waals surface area contributed by atoms with Crippen LogP contribution in [-0.4, -0.2) is 23.3 Å². The second kappa shape index (κ2) is 10.1. The van der Waals surface area contributed by atoms with Crippen LogP contribution in [0, 0.1) is 0 Å². The molecule has 0 radical (unpaired) electrons. The van der Waals surface area contributed by atoms with Gasteiger partial charge in [0.25, 0.3) is 5.91 Å². The second-order valence-corrected chi connectivity index (χ2v) is 9.49.